The van der Waals surface area contributed by atoms with Gasteiger partial charge < -0.3 is 9.47 Å². The highest BCUT2D eigenvalue weighted by Gasteiger charge is 2.21. The number of aromatic nitrogens is 1. The number of para-hydroxylation sites is 2. The molecule has 54 heavy (non-hydrogen) atoms. The van der Waals surface area contributed by atoms with Gasteiger partial charge in [0.05, 0.1) is 22.4 Å². The Hall–Kier alpha value is -7.16. The molecule has 0 aliphatic heterocycles. The zero-order chi connectivity index (χ0) is 35.8. The third-order valence-electron chi connectivity index (χ3n) is 10.6. The second-order valence-corrected chi connectivity index (χ2v) is 13.7. The molecule has 0 radical (unpaired) electrons. The van der Waals surface area contributed by atoms with E-state index in [1.54, 1.807) is 0 Å². The van der Waals surface area contributed by atoms with Gasteiger partial charge in [0.25, 0.3) is 0 Å². The maximum Gasteiger partial charge on any atom is 0.0561 e. The summed E-state index contributed by atoms with van der Waals surface area (Å²) in [6.45, 7) is 0. The summed E-state index contributed by atoms with van der Waals surface area (Å²) in [5.41, 5.74) is 14.0. The highest BCUT2D eigenvalue weighted by atomic mass is 15.1. The molecule has 0 unspecified atom stereocenters. The first-order valence-corrected chi connectivity index (χ1v) is 18.5. The van der Waals surface area contributed by atoms with E-state index in [2.05, 4.69) is 228 Å². The Bertz CT molecular complexity index is 2930. The Kier molecular flexibility index (Phi) is 7.85. The first kappa shape index (κ1) is 31.6. The summed E-state index contributed by atoms with van der Waals surface area (Å²) < 4.78 is 2.44. The van der Waals surface area contributed by atoms with Crippen LogP contribution in [0.5, 0.6) is 0 Å². The fourth-order valence-corrected chi connectivity index (χ4v) is 8.13. The lowest BCUT2D eigenvalue weighted by molar-refractivity contribution is 1.18. The summed E-state index contributed by atoms with van der Waals surface area (Å²) in [6.07, 6.45) is 0. The van der Waals surface area contributed by atoms with Crippen molar-refractivity contribution >= 4 is 49.6 Å². The predicted octanol–water partition coefficient (Wildman–Crippen LogP) is 14.4. The summed E-state index contributed by atoms with van der Waals surface area (Å²) in [6, 6.07) is 78.9. The summed E-state index contributed by atoms with van der Waals surface area (Å²) >= 11 is 0. The summed E-state index contributed by atoms with van der Waals surface area (Å²) in [7, 11) is 0. The second-order valence-electron chi connectivity index (χ2n) is 13.7. The zero-order valence-corrected chi connectivity index (χ0v) is 29.7. The van der Waals surface area contributed by atoms with E-state index in [1.165, 1.54) is 60.4 Å². The summed E-state index contributed by atoms with van der Waals surface area (Å²) in [4.78, 5) is 2.44. The number of hydrogen-bond donors (Lipinski definition) is 0. The number of fused-ring (bicyclic) bond motifs is 4. The van der Waals surface area contributed by atoms with E-state index in [-0.39, 0.29) is 0 Å². The van der Waals surface area contributed by atoms with Crippen molar-refractivity contribution in [2.24, 2.45) is 0 Å². The van der Waals surface area contributed by atoms with Gasteiger partial charge in [-0.05, 0) is 75.7 Å². The Morgan fingerprint density at radius 3 is 1.65 bits per heavy atom. The molecule has 0 saturated heterocycles. The van der Waals surface area contributed by atoms with Gasteiger partial charge in [0, 0.05) is 33.1 Å². The second kappa shape index (κ2) is 13.4. The van der Waals surface area contributed by atoms with E-state index < -0.39 is 0 Å². The van der Waals surface area contributed by atoms with Gasteiger partial charge in [0.15, 0.2) is 0 Å². The molecule has 10 rings (SSSR count). The van der Waals surface area contributed by atoms with Crippen molar-refractivity contribution in [3.8, 4) is 39.1 Å². The van der Waals surface area contributed by atoms with Crippen LogP contribution in [0.15, 0.2) is 218 Å². The number of benzene rings is 9. The normalized spacial score (nSPS) is 11.3. The lowest BCUT2D eigenvalue weighted by Gasteiger charge is -2.29. The molecule has 2 heteroatoms. The maximum atomic E-state index is 2.44. The minimum absolute atomic E-state index is 1.09. The van der Waals surface area contributed by atoms with Crippen molar-refractivity contribution in [3.05, 3.63) is 218 Å². The minimum Gasteiger partial charge on any atom is -0.309 e. The van der Waals surface area contributed by atoms with Crippen LogP contribution in [-0.2, 0) is 0 Å². The summed E-state index contributed by atoms with van der Waals surface area (Å²) in [5, 5.41) is 4.86. The van der Waals surface area contributed by atoms with Crippen LogP contribution >= 0.6 is 0 Å². The number of hydrogen-bond acceptors (Lipinski definition) is 1. The molecule has 0 amide bonds. The van der Waals surface area contributed by atoms with Crippen LogP contribution in [0.3, 0.4) is 0 Å². The molecule has 0 spiro atoms. The van der Waals surface area contributed by atoms with Crippen molar-refractivity contribution in [1.29, 1.82) is 0 Å². The smallest absolute Gasteiger partial charge is 0.0561 e. The van der Waals surface area contributed by atoms with Gasteiger partial charge in [0.1, 0.15) is 0 Å². The zero-order valence-electron chi connectivity index (χ0n) is 29.7. The van der Waals surface area contributed by atoms with E-state index in [0.717, 1.165) is 28.3 Å². The van der Waals surface area contributed by atoms with Crippen LogP contribution in [0.25, 0.3) is 71.6 Å². The predicted molar refractivity (Wildman–Crippen MR) is 229 cm³/mol. The maximum absolute atomic E-state index is 2.44. The Balaban J connectivity index is 1.22. The van der Waals surface area contributed by atoms with Crippen LogP contribution < -0.4 is 4.90 Å². The molecule has 1 heterocycles. The molecule has 254 valence electrons. The monoisotopic (exact) mass is 688 g/mol. The number of nitrogens with zero attached hydrogens (tertiary/aromatic N) is 2. The van der Waals surface area contributed by atoms with Crippen molar-refractivity contribution in [2.75, 3.05) is 4.90 Å². The van der Waals surface area contributed by atoms with Crippen molar-refractivity contribution < 1.29 is 0 Å². The first-order valence-electron chi connectivity index (χ1n) is 18.5. The molecular weight excluding hydrogens is 653 g/mol. The molecule has 0 N–H and O–H groups in total. The first-order chi connectivity index (χ1) is 26.8. The van der Waals surface area contributed by atoms with Gasteiger partial charge in [-0.1, -0.05) is 176 Å². The van der Waals surface area contributed by atoms with Crippen molar-refractivity contribution in [2.45, 2.75) is 0 Å². The van der Waals surface area contributed by atoms with E-state index in [9.17, 15) is 0 Å². The molecule has 0 atom stereocenters. The highest BCUT2D eigenvalue weighted by molar-refractivity contribution is 6.11. The fourth-order valence-electron chi connectivity index (χ4n) is 8.13. The molecule has 0 saturated carbocycles. The quantitative estimate of drug-likeness (QED) is 0.162. The third-order valence-corrected chi connectivity index (χ3v) is 10.6. The Morgan fingerprint density at radius 1 is 0.315 bits per heavy atom. The van der Waals surface area contributed by atoms with Crippen LogP contribution in [0.4, 0.5) is 17.1 Å². The lowest BCUT2D eigenvalue weighted by Crippen LogP contribution is -2.12. The van der Waals surface area contributed by atoms with Crippen molar-refractivity contribution in [3.63, 3.8) is 0 Å². The standard InChI is InChI=1S/C52H36N2/c1-3-17-37(18-4-1)43-25-9-10-26-44(43)40-23-15-24-41(35-40)54-51-31-14-12-29-47(51)48-34-33-42(36-52(48)54)53(50-32-16-22-39-21-7-8-27-46(39)50)49-30-13-11-28-45(49)38-19-5-2-6-20-38/h1-36H. The van der Waals surface area contributed by atoms with Gasteiger partial charge >= 0.3 is 0 Å². The SMILES string of the molecule is c1ccc(-c2ccccc2-c2cccc(-n3c4ccccc4c4ccc(N(c5ccccc5-c5ccccc5)c5cccc6ccccc56)cc43)c2)cc1. The van der Waals surface area contributed by atoms with Crippen LogP contribution in [-0.4, -0.2) is 4.57 Å². The molecule has 0 fully saturated rings. The van der Waals surface area contributed by atoms with Gasteiger partial charge in [-0.25, -0.2) is 0 Å². The van der Waals surface area contributed by atoms with Gasteiger partial charge in [-0.3, -0.25) is 0 Å². The number of anilines is 3. The van der Waals surface area contributed by atoms with Gasteiger partial charge in [0.2, 0.25) is 0 Å². The van der Waals surface area contributed by atoms with E-state index in [4.69, 9.17) is 0 Å². The topological polar surface area (TPSA) is 8.17 Å². The van der Waals surface area contributed by atoms with Crippen LogP contribution in [0, 0.1) is 0 Å². The van der Waals surface area contributed by atoms with Gasteiger partial charge in [-0.15, -0.1) is 0 Å². The fraction of sp³-hybridized carbons (Fsp3) is 0. The molecule has 0 aliphatic rings. The average molecular weight is 689 g/mol. The Labute approximate surface area is 315 Å². The van der Waals surface area contributed by atoms with Crippen molar-refractivity contribution in [1.82, 2.24) is 4.57 Å². The largest absolute Gasteiger partial charge is 0.309 e. The minimum atomic E-state index is 1.09. The van der Waals surface area contributed by atoms with Gasteiger partial charge in [-0.2, -0.15) is 0 Å². The molecule has 0 bridgehead atoms. The molecule has 9 aromatic carbocycles. The average Bonchev–Trinajstić information content (AvgIpc) is 3.58. The van der Waals surface area contributed by atoms with Crippen LogP contribution in [0.2, 0.25) is 0 Å². The molecule has 2 nitrogen and oxygen atoms in total. The number of rotatable bonds is 7. The molecule has 1 aromatic heterocycles. The van der Waals surface area contributed by atoms with Crippen LogP contribution in [0.1, 0.15) is 0 Å². The molecule has 0 aliphatic carbocycles. The van der Waals surface area contributed by atoms with E-state index in [1.807, 2.05) is 0 Å². The third kappa shape index (κ3) is 5.44. The molecular formula is C52H36N2. The lowest BCUT2D eigenvalue weighted by atomic mass is 9.94. The summed E-state index contributed by atoms with van der Waals surface area (Å²) in [5.74, 6) is 0. The Morgan fingerprint density at radius 2 is 0.852 bits per heavy atom. The molecule has 10 aromatic rings. The highest BCUT2D eigenvalue weighted by Crippen LogP contribution is 2.45. The van der Waals surface area contributed by atoms with E-state index >= 15 is 0 Å². The van der Waals surface area contributed by atoms with E-state index in [0.29, 0.717) is 0 Å².